The number of pyridine rings is 1. The molecule has 0 saturated heterocycles. The van der Waals surface area contributed by atoms with Crippen molar-refractivity contribution in [1.29, 1.82) is 0 Å². The second-order valence-corrected chi connectivity index (χ2v) is 6.52. The maximum atomic E-state index is 13.2. The first kappa shape index (κ1) is 21.0. The summed E-state index contributed by atoms with van der Waals surface area (Å²) in [4.78, 5) is 17.7. The SMILES string of the molecule is COc1cc(C(=O)c2cc(OC)c(OC)c(OC)c2)nc(-c2ccc(C)c(O)c2)c1. The Balaban J connectivity index is 2.11. The van der Waals surface area contributed by atoms with Gasteiger partial charge in [-0.15, -0.1) is 0 Å². The quantitative estimate of drug-likeness (QED) is 0.590. The number of aryl methyl sites for hydroxylation is 1. The first-order chi connectivity index (χ1) is 14.4. The Morgan fingerprint density at radius 1 is 0.867 bits per heavy atom. The van der Waals surface area contributed by atoms with Crippen molar-refractivity contribution in [2.75, 3.05) is 28.4 Å². The molecule has 0 atom stereocenters. The highest BCUT2D eigenvalue weighted by molar-refractivity contribution is 6.09. The van der Waals surface area contributed by atoms with E-state index in [0.29, 0.717) is 39.8 Å². The van der Waals surface area contributed by atoms with E-state index in [1.54, 1.807) is 43.3 Å². The summed E-state index contributed by atoms with van der Waals surface area (Å²) in [6.45, 7) is 1.80. The first-order valence-electron chi connectivity index (χ1n) is 9.12. The van der Waals surface area contributed by atoms with Crippen molar-refractivity contribution in [3.63, 3.8) is 0 Å². The van der Waals surface area contributed by atoms with Gasteiger partial charge in [0.2, 0.25) is 11.5 Å². The molecule has 30 heavy (non-hydrogen) atoms. The van der Waals surface area contributed by atoms with Crippen LogP contribution >= 0.6 is 0 Å². The molecule has 3 rings (SSSR count). The molecule has 1 aromatic heterocycles. The van der Waals surface area contributed by atoms with E-state index >= 15 is 0 Å². The number of methoxy groups -OCH3 is 4. The van der Waals surface area contributed by atoms with Gasteiger partial charge in [0.25, 0.3) is 0 Å². The number of rotatable bonds is 7. The normalized spacial score (nSPS) is 10.4. The first-order valence-corrected chi connectivity index (χ1v) is 9.12. The molecule has 7 heteroatoms. The molecule has 7 nitrogen and oxygen atoms in total. The van der Waals surface area contributed by atoms with E-state index in [9.17, 15) is 9.90 Å². The third kappa shape index (κ3) is 4.00. The predicted octanol–water partition coefficient (Wildman–Crippen LogP) is 4.03. The van der Waals surface area contributed by atoms with Crippen molar-refractivity contribution in [1.82, 2.24) is 4.98 Å². The summed E-state index contributed by atoms with van der Waals surface area (Å²) in [5, 5.41) is 10.0. The average Bonchev–Trinajstić information content (AvgIpc) is 2.78. The van der Waals surface area contributed by atoms with Crippen molar-refractivity contribution in [3.8, 4) is 40.0 Å². The Bertz CT molecular complexity index is 1070. The molecule has 3 aromatic rings. The third-order valence-electron chi connectivity index (χ3n) is 4.70. The van der Waals surface area contributed by atoms with Gasteiger partial charge in [0.1, 0.15) is 17.2 Å². The lowest BCUT2D eigenvalue weighted by Gasteiger charge is -2.14. The molecule has 0 amide bonds. The fourth-order valence-corrected chi connectivity index (χ4v) is 3.02. The minimum atomic E-state index is -0.342. The van der Waals surface area contributed by atoms with Gasteiger partial charge in [-0.1, -0.05) is 12.1 Å². The fourth-order valence-electron chi connectivity index (χ4n) is 3.02. The minimum absolute atomic E-state index is 0.148. The van der Waals surface area contributed by atoms with Gasteiger partial charge in [0.15, 0.2) is 11.5 Å². The van der Waals surface area contributed by atoms with Gasteiger partial charge in [0, 0.05) is 23.3 Å². The van der Waals surface area contributed by atoms with Crippen LogP contribution in [0.15, 0.2) is 42.5 Å². The second kappa shape index (κ2) is 8.73. The molecule has 0 fully saturated rings. The fraction of sp³-hybridized carbons (Fsp3) is 0.217. The van der Waals surface area contributed by atoms with E-state index in [-0.39, 0.29) is 17.2 Å². The zero-order valence-corrected chi connectivity index (χ0v) is 17.5. The Kier molecular flexibility index (Phi) is 6.11. The lowest BCUT2D eigenvalue weighted by Crippen LogP contribution is -2.07. The molecule has 0 bridgehead atoms. The Morgan fingerprint density at radius 2 is 1.53 bits per heavy atom. The van der Waals surface area contributed by atoms with Crippen LogP contribution in [0.5, 0.6) is 28.7 Å². The van der Waals surface area contributed by atoms with Crippen LogP contribution in [0.2, 0.25) is 0 Å². The topological polar surface area (TPSA) is 87.1 Å². The number of hydrogen-bond acceptors (Lipinski definition) is 7. The minimum Gasteiger partial charge on any atom is -0.508 e. The average molecular weight is 409 g/mol. The van der Waals surface area contributed by atoms with Crippen molar-refractivity contribution < 1.29 is 28.8 Å². The summed E-state index contributed by atoms with van der Waals surface area (Å²) in [5.74, 6) is 1.40. The number of carbonyl (C=O) groups is 1. The molecule has 0 saturated carbocycles. The van der Waals surface area contributed by atoms with Crippen LogP contribution in [0.1, 0.15) is 21.6 Å². The molecule has 0 spiro atoms. The maximum absolute atomic E-state index is 13.2. The Labute approximate surface area is 174 Å². The summed E-state index contributed by atoms with van der Waals surface area (Å²) in [6, 6.07) is 11.6. The lowest BCUT2D eigenvalue weighted by molar-refractivity contribution is 0.103. The van der Waals surface area contributed by atoms with E-state index in [1.165, 1.54) is 28.4 Å². The summed E-state index contributed by atoms with van der Waals surface area (Å²) in [5.41, 5.74) is 2.41. The van der Waals surface area contributed by atoms with Crippen LogP contribution in [0, 0.1) is 6.92 Å². The van der Waals surface area contributed by atoms with Gasteiger partial charge < -0.3 is 24.1 Å². The molecule has 1 heterocycles. The molecule has 0 aliphatic carbocycles. The third-order valence-corrected chi connectivity index (χ3v) is 4.70. The van der Waals surface area contributed by atoms with E-state index in [4.69, 9.17) is 18.9 Å². The van der Waals surface area contributed by atoms with E-state index in [1.807, 2.05) is 6.07 Å². The highest BCUT2D eigenvalue weighted by Crippen LogP contribution is 2.39. The standard InChI is InChI=1S/C23H23NO6/c1-13-6-7-14(8-19(13)25)17-11-16(27-2)12-18(24-17)22(26)15-9-20(28-3)23(30-5)21(10-15)29-4/h6-12,25H,1-5H3. The summed E-state index contributed by atoms with van der Waals surface area (Å²) in [7, 11) is 5.98. The van der Waals surface area contributed by atoms with Crippen LogP contribution in [-0.4, -0.2) is 44.3 Å². The number of phenolic OH excluding ortho intramolecular Hbond substituents is 1. The van der Waals surface area contributed by atoms with Gasteiger partial charge in [-0.3, -0.25) is 4.79 Å². The van der Waals surface area contributed by atoms with Crippen molar-refractivity contribution in [2.45, 2.75) is 6.92 Å². The molecular weight excluding hydrogens is 386 g/mol. The number of phenols is 1. The number of aromatic hydroxyl groups is 1. The number of ether oxygens (including phenoxy) is 4. The lowest BCUT2D eigenvalue weighted by atomic mass is 10.0. The van der Waals surface area contributed by atoms with Crippen molar-refractivity contribution in [2.24, 2.45) is 0 Å². The van der Waals surface area contributed by atoms with Crippen molar-refractivity contribution in [3.05, 3.63) is 59.3 Å². The molecule has 0 radical (unpaired) electrons. The van der Waals surface area contributed by atoms with E-state index in [2.05, 4.69) is 4.98 Å². The number of nitrogens with zero attached hydrogens (tertiary/aromatic N) is 1. The molecule has 0 aliphatic heterocycles. The zero-order valence-electron chi connectivity index (χ0n) is 17.5. The van der Waals surface area contributed by atoms with Crippen LogP contribution in [-0.2, 0) is 0 Å². The number of aromatic nitrogens is 1. The predicted molar refractivity (Wildman–Crippen MR) is 112 cm³/mol. The van der Waals surface area contributed by atoms with E-state index < -0.39 is 0 Å². The Morgan fingerprint density at radius 3 is 2.07 bits per heavy atom. The van der Waals surface area contributed by atoms with Gasteiger partial charge in [-0.2, -0.15) is 0 Å². The molecule has 0 aliphatic rings. The van der Waals surface area contributed by atoms with Crippen LogP contribution in [0.3, 0.4) is 0 Å². The van der Waals surface area contributed by atoms with Crippen LogP contribution < -0.4 is 18.9 Å². The monoisotopic (exact) mass is 409 g/mol. The number of benzene rings is 2. The largest absolute Gasteiger partial charge is 0.508 e. The summed E-state index contributed by atoms with van der Waals surface area (Å²) >= 11 is 0. The van der Waals surface area contributed by atoms with Gasteiger partial charge in [0.05, 0.1) is 34.1 Å². The smallest absolute Gasteiger partial charge is 0.211 e. The van der Waals surface area contributed by atoms with Crippen LogP contribution in [0.4, 0.5) is 0 Å². The highest BCUT2D eigenvalue weighted by atomic mass is 16.5. The second-order valence-electron chi connectivity index (χ2n) is 6.52. The number of hydrogen-bond donors (Lipinski definition) is 1. The molecule has 2 aromatic carbocycles. The van der Waals surface area contributed by atoms with Crippen molar-refractivity contribution >= 4 is 5.78 Å². The number of carbonyl (C=O) groups excluding carboxylic acids is 1. The van der Waals surface area contributed by atoms with Gasteiger partial charge in [-0.25, -0.2) is 4.98 Å². The van der Waals surface area contributed by atoms with Crippen LogP contribution in [0.25, 0.3) is 11.3 Å². The Hall–Kier alpha value is -3.74. The summed E-state index contributed by atoms with van der Waals surface area (Å²) in [6.07, 6.45) is 0. The van der Waals surface area contributed by atoms with Gasteiger partial charge in [-0.05, 0) is 30.7 Å². The molecule has 0 unspecified atom stereocenters. The zero-order chi connectivity index (χ0) is 21.8. The summed E-state index contributed by atoms with van der Waals surface area (Å²) < 4.78 is 21.3. The van der Waals surface area contributed by atoms with E-state index in [0.717, 1.165) is 5.56 Å². The maximum Gasteiger partial charge on any atom is 0.211 e. The van der Waals surface area contributed by atoms with Gasteiger partial charge >= 0.3 is 0 Å². The molecule has 1 N–H and O–H groups in total. The molecule has 156 valence electrons. The highest BCUT2D eigenvalue weighted by Gasteiger charge is 2.20. The number of ketones is 1. The molecular formula is C23H23NO6.